The summed E-state index contributed by atoms with van der Waals surface area (Å²) in [6.07, 6.45) is 3.58. The number of carbonyl (C=O) groups is 2. The first-order chi connectivity index (χ1) is 13.9. The molecule has 0 unspecified atom stereocenters. The van der Waals surface area contributed by atoms with Crippen LogP contribution in [0.1, 0.15) is 11.1 Å². The molecule has 2 heterocycles. The van der Waals surface area contributed by atoms with Crippen molar-refractivity contribution in [1.29, 1.82) is 0 Å². The van der Waals surface area contributed by atoms with Gasteiger partial charge in [0.25, 0.3) is 11.8 Å². The van der Waals surface area contributed by atoms with Gasteiger partial charge in [0.15, 0.2) is 5.11 Å². The van der Waals surface area contributed by atoms with Crippen LogP contribution in [-0.4, -0.2) is 45.4 Å². The molecule has 1 aliphatic rings. The van der Waals surface area contributed by atoms with Crippen LogP contribution in [-0.2, 0) is 16.1 Å². The smallest absolute Gasteiger partial charge is 0.265 e. The normalized spacial score (nSPS) is 14.9. The minimum absolute atomic E-state index is 0.0873. The van der Waals surface area contributed by atoms with Gasteiger partial charge >= 0.3 is 0 Å². The number of aromatic nitrogens is 1. The highest BCUT2D eigenvalue weighted by molar-refractivity contribution is 7.80. The van der Waals surface area contributed by atoms with Gasteiger partial charge in [0.2, 0.25) is 0 Å². The molecule has 0 saturated carbocycles. The number of hydrogen-bond donors (Lipinski definition) is 0. The minimum Gasteiger partial charge on any atom is -0.342 e. The molecule has 0 aliphatic carbocycles. The predicted octanol–water partition coefficient (Wildman–Crippen LogP) is 3.94. The summed E-state index contributed by atoms with van der Waals surface area (Å²) in [7, 11) is 3.14. The van der Waals surface area contributed by atoms with E-state index in [0.717, 1.165) is 22.0 Å². The van der Waals surface area contributed by atoms with E-state index < -0.39 is 11.8 Å². The second-order valence-electron chi connectivity index (χ2n) is 6.89. The first-order valence-electron chi connectivity index (χ1n) is 9.01. The zero-order valence-corrected chi connectivity index (χ0v) is 17.5. The van der Waals surface area contributed by atoms with Crippen LogP contribution in [0.4, 0.5) is 0 Å². The van der Waals surface area contributed by atoms with Crippen molar-refractivity contribution in [2.75, 3.05) is 14.1 Å². The van der Waals surface area contributed by atoms with E-state index >= 15 is 0 Å². The molecule has 0 N–H and O–H groups in total. The lowest BCUT2D eigenvalue weighted by atomic mass is 10.1. The van der Waals surface area contributed by atoms with Gasteiger partial charge in [-0.25, -0.2) is 0 Å². The molecule has 1 aliphatic heterocycles. The van der Waals surface area contributed by atoms with E-state index in [1.165, 1.54) is 9.80 Å². The monoisotopic (exact) mass is 423 g/mol. The number of fused-ring (bicyclic) bond motifs is 1. The van der Waals surface area contributed by atoms with E-state index in [4.69, 9.17) is 23.8 Å². The third kappa shape index (κ3) is 3.34. The number of para-hydroxylation sites is 1. The molecule has 3 aromatic rings. The molecule has 0 spiro atoms. The number of hydrogen-bond acceptors (Lipinski definition) is 3. The largest absolute Gasteiger partial charge is 0.342 e. The number of rotatable bonds is 3. The maximum atomic E-state index is 12.7. The Morgan fingerprint density at radius 2 is 1.59 bits per heavy atom. The van der Waals surface area contributed by atoms with Crippen LogP contribution in [0.3, 0.4) is 0 Å². The Morgan fingerprint density at radius 3 is 2.28 bits per heavy atom. The second-order valence-corrected chi connectivity index (χ2v) is 7.66. The van der Waals surface area contributed by atoms with E-state index in [1.807, 2.05) is 54.7 Å². The molecule has 7 heteroatoms. The van der Waals surface area contributed by atoms with E-state index in [9.17, 15) is 9.59 Å². The predicted molar refractivity (Wildman–Crippen MR) is 119 cm³/mol. The van der Waals surface area contributed by atoms with Crippen molar-refractivity contribution in [1.82, 2.24) is 14.4 Å². The molecule has 0 radical (unpaired) electrons. The van der Waals surface area contributed by atoms with Crippen LogP contribution in [0.2, 0.25) is 5.02 Å². The van der Waals surface area contributed by atoms with Gasteiger partial charge in [-0.05, 0) is 36.0 Å². The summed E-state index contributed by atoms with van der Waals surface area (Å²) in [6, 6.07) is 15.6. The molecule has 146 valence electrons. The van der Waals surface area contributed by atoms with E-state index in [1.54, 1.807) is 20.2 Å². The molecular formula is C22H18ClN3O2S. The molecule has 1 fully saturated rings. The van der Waals surface area contributed by atoms with Crippen LogP contribution in [0.25, 0.3) is 17.0 Å². The standard InChI is InChI=1S/C22H18ClN3O2S/c1-24-20(27)17(21(28)25(2)22(24)29)11-15-13-26(19-10-6-4-8-16(15)19)12-14-7-3-5-9-18(14)23/h3-11,13H,12H2,1-2H3. The number of benzene rings is 2. The third-order valence-electron chi connectivity index (χ3n) is 5.06. The highest BCUT2D eigenvalue weighted by Gasteiger charge is 2.35. The molecule has 2 aromatic carbocycles. The summed E-state index contributed by atoms with van der Waals surface area (Å²) in [5.41, 5.74) is 2.86. The highest BCUT2D eigenvalue weighted by Crippen LogP contribution is 2.27. The summed E-state index contributed by atoms with van der Waals surface area (Å²) in [5.74, 6) is -0.804. The van der Waals surface area contributed by atoms with E-state index in [0.29, 0.717) is 11.6 Å². The van der Waals surface area contributed by atoms with Crippen LogP contribution >= 0.6 is 23.8 Å². The molecule has 29 heavy (non-hydrogen) atoms. The average molecular weight is 424 g/mol. The molecule has 0 bridgehead atoms. The summed E-state index contributed by atoms with van der Waals surface area (Å²) in [4.78, 5) is 28.0. The Morgan fingerprint density at radius 1 is 0.966 bits per heavy atom. The quantitative estimate of drug-likeness (QED) is 0.364. The van der Waals surface area contributed by atoms with Crippen molar-refractivity contribution in [3.63, 3.8) is 0 Å². The zero-order valence-electron chi connectivity index (χ0n) is 15.9. The number of amides is 2. The van der Waals surface area contributed by atoms with Crippen LogP contribution in [0.15, 0.2) is 60.3 Å². The fraction of sp³-hybridized carbons (Fsp3) is 0.136. The van der Waals surface area contributed by atoms with Crippen molar-refractivity contribution in [2.24, 2.45) is 0 Å². The third-order valence-corrected chi connectivity index (χ3v) is 5.98. The van der Waals surface area contributed by atoms with Crippen LogP contribution in [0, 0.1) is 0 Å². The van der Waals surface area contributed by atoms with Crippen LogP contribution < -0.4 is 0 Å². The fourth-order valence-corrected chi connectivity index (χ4v) is 3.82. The lowest BCUT2D eigenvalue weighted by Crippen LogP contribution is -2.52. The van der Waals surface area contributed by atoms with Crippen molar-refractivity contribution >= 4 is 57.7 Å². The number of likely N-dealkylation sites (N-methyl/N-ethyl adjacent to an activating group) is 2. The molecule has 4 rings (SSSR count). The second kappa shape index (κ2) is 7.46. The molecule has 2 amide bonds. The SMILES string of the molecule is CN1C(=O)C(=Cc2cn(Cc3ccccc3Cl)c3ccccc23)C(=O)N(C)C1=S. The minimum atomic E-state index is -0.402. The Labute approximate surface area is 178 Å². The summed E-state index contributed by atoms with van der Waals surface area (Å²) in [5, 5.41) is 1.84. The average Bonchev–Trinajstić information content (AvgIpc) is 3.07. The molecule has 0 atom stereocenters. The number of thiocarbonyl (C=S) groups is 1. The Kier molecular flexibility index (Phi) is 4.98. The van der Waals surface area contributed by atoms with Crippen LogP contribution in [0.5, 0.6) is 0 Å². The summed E-state index contributed by atoms with van der Waals surface area (Å²) < 4.78 is 2.07. The van der Waals surface area contributed by atoms with Gasteiger partial charge in [0.05, 0.1) is 0 Å². The number of carbonyl (C=O) groups excluding carboxylic acids is 2. The molecule has 1 aromatic heterocycles. The maximum Gasteiger partial charge on any atom is 0.265 e. The van der Waals surface area contributed by atoms with Crippen molar-refractivity contribution in [3.8, 4) is 0 Å². The number of nitrogens with zero attached hydrogens (tertiary/aromatic N) is 3. The summed E-state index contributed by atoms with van der Waals surface area (Å²) >= 11 is 11.5. The highest BCUT2D eigenvalue weighted by atomic mass is 35.5. The molecular weight excluding hydrogens is 406 g/mol. The summed E-state index contributed by atoms with van der Waals surface area (Å²) in [6.45, 7) is 0.579. The first-order valence-corrected chi connectivity index (χ1v) is 9.80. The number of halogens is 1. The van der Waals surface area contributed by atoms with Gasteiger partial charge in [-0.3, -0.25) is 19.4 Å². The van der Waals surface area contributed by atoms with Crippen molar-refractivity contribution < 1.29 is 9.59 Å². The molecule has 1 saturated heterocycles. The van der Waals surface area contributed by atoms with Gasteiger partial charge in [-0.1, -0.05) is 48.0 Å². The Balaban J connectivity index is 1.82. The lowest BCUT2D eigenvalue weighted by Gasteiger charge is -2.31. The van der Waals surface area contributed by atoms with Gasteiger partial charge in [-0.2, -0.15) is 0 Å². The van der Waals surface area contributed by atoms with Gasteiger partial charge in [0.1, 0.15) is 5.57 Å². The van der Waals surface area contributed by atoms with E-state index in [-0.39, 0.29) is 10.7 Å². The van der Waals surface area contributed by atoms with Gasteiger partial charge in [-0.15, -0.1) is 0 Å². The fourth-order valence-electron chi connectivity index (χ4n) is 3.46. The lowest BCUT2D eigenvalue weighted by molar-refractivity contribution is -0.132. The molecule has 5 nitrogen and oxygen atoms in total. The first kappa shape index (κ1) is 19.4. The Hall–Kier alpha value is -2.96. The Bertz CT molecular complexity index is 1170. The van der Waals surface area contributed by atoms with Crippen molar-refractivity contribution in [2.45, 2.75) is 6.54 Å². The zero-order chi connectivity index (χ0) is 20.7. The van der Waals surface area contributed by atoms with Gasteiger partial charge < -0.3 is 4.57 Å². The van der Waals surface area contributed by atoms with Crippen molar-refractivity contribution in [3.05, 3.63) is 76.5 Å². The topological polar surface area (TPSA) is 45.6 Å². The maximum absolute atomic E-state index is 12.7. The van der Waals surface area contributed by atoms with Gasteiger partial charge in [0, 0.05) is 48.3 Å². The van der Waals surface area contributed by atoms with E-state index in [2.05, 4.69) is 4.57 Å².